The number of carbonyl (C=O) groups excluding carboxylic acids is 3. The molecule has 1 rings (SSSR count). The van der Waals surface area contributed by atoms with Crippen molar-refractivity contribution in [3.05, 3.63) is 12.7 Å². The zero-order valence-corrected chi connectivity index (χ0v) is 58.9. The van der Waals surface area contributed by atoms with Gasteiger partial charge in [-0.2, -0.15) is 0 Å². The van der Waals surface area contributed by atoms with Crippen molar-refractivity contribution in [2.45, 2.75) is 249 Å². The van der Waals surface area contributed by atoms with Gasteiger partial charge in [0.25, 0.3) is 0 Å². The number of rotatable bonds is 49. The molecule has 23 heteroatoms. The van der Waals surface area contributed by atoms with E-state index in [9.17, 15) is 24.6 Å². The van der Waals surface area contributed by atoms with Crippen molar-refractivity contribution in [3.8, 4) is 0 Å². The molecule has 1 heterocycles. The number of aliphatic hydroxyl groups is 2. The van der Waals surface area contributed by atoms with Crippen LogP contribution in [-0.4, -0.2) is 306 Å². The van der Waals surface area contributed by atoms with Crippen molar-refractivity contribution in [3.63, 3.8) is 0 Å². The minimum Gasteiger partial charge on any atom is -0.417 e. The van der Waals surface area contributed by atoms with E-state index in [-0.39, 0.29) is 100.0 Å². The van der Waals surface area contributed by atoms with Gasteiger partial charge in [0, 0.05) is 71.9 Å². The maximum absolute atomic E-state index is 11.6. The first kappa shape index (κ1) is 108. The second-order valence-electron chi connectivity index (χ2n) is 22.4. The summed E-state index contributed by atoms with van der Waals surface area (Å²) in [5.41, 5.74) is 0. The molecule has 10 atom stereocenters. The lowest BCUT2D eigenvalue weighted by molar-refractivity contribution is -0.132. The fourth-order valence-corrected chi connectivity index (χ4v) is 6.89. The monoisotopic (exact) mass is 1330 g/mol. The maximum Gasteiger partial charge on any atom is 0.245 e. The topological polar surface area (TPSA) is 209 Å². The van der Waals surface area contributed by atoms with Gasteiger partial charge in [0.2, 0.25) is 17.7 Å². The minimum absolute atomic E-state index is 0. The Morgan fingerprint density at radius 1 is 0.467 bits per heavy atom. The zero-order valence-electron chi connectivity index (χ0n) is 58.9. The molecule has 0 spiro atoms. The summed E-state index contributed by atoms with van der Waals surface area (Å²) in [7, 11) is 19.2. The number of amides is 3. The summed E-state index contributed by atoms with van der Waals surface area (Å²) < 4.78 is 63.3. The number of aliphatic hydroxyl groups excluding tert-OH is 2. The third-order valence-corrected chi connectivity index (χ3v) is 13.4. The van der Waals surface area contributed by atoms with E-state index in [1.165, 1.54) is 23.8 Å². The van der Waals surface area contributed by atoms with Gasteiger partial charge in [0.05, 0.1) is 140 Å². The first-order chi connectivity index (χ1) is 41.4. The molecule has 1 saturated heterocycles. The third-order valence-electron chi connectivity index (χ3n) is 13.4. The Labute approximate surface area is 572 Å². The molecule has 0 aromatic carbocycles. The fraction of sp³-hybridized carbons (Fsp3) is 0.928. The summed E-state index contributed by atoms with van der Waals surface area (Å²) in [5, 5.41) is 18.6. The predicted molar refractivity (Wildman–Crippen MR) is 391 cm³/mol. The van der Waals surface area contributed by atoms with E-state index < -0.39 is 12.2 Å². The van der Waals surface area contributed by atoms with Crippen LogP contribution in [0.5, 0.6) is 0 Å². The highest BCUT2D eigenvalue weighted by Crippen LogP contribution is 2.11. The summed E-state index contributed by atoms with van der Waals surface area (Å²) in [5.74, 6) is 0.0633. The molecule has 559 valence electrons. The highest BCUT2D eigenvalue weighted by Gasteiger charge is 2.18. The molecule has 92 heavy (non-hydrogen) atoms. The van der Waals surface area contributed by atoms with E-state index >= 15 is 0 Å². The summed E-state index contributed by atoms with van der Waals surface area (Å²) >= 11 is 0. The van der Waals surface area contributed by atoms with E-state index in [0.717, 1.165) is 96.7 Å². The van der Waals surface area contributed by atoms with E-state index in [1.807, 2.05) is 34.6 Å². The Kier molecular flexibility index (Phi) is 89.6. The summed E-state index contributed by atoms with van der Waals surface area (Å²) in [4.78, 5) is 42.5. The highest BCUT2D eigenvalue weighted by atomic mass is 16.6. The molecule has 1 fully saturated rings. The van der Waals surface area contributed by atoms with Gasteiger partial charge < -0.3 is 86.8 Å². The highest BCUT2D eigenvalue weighted by molar-refractivity contribution is 6.11. The van der Waals surface area contributed by atoms with Gasteiger partial charge in [-0.1, -0.05) is 111 Å². The molecule has 2 N–H and O–H groups in total. The lowest BCUT2D eigenvalue weighted by Gasteiger charge is -2.23. The Morgan fingerprint density at radius 3 is 1.00 bits per heavy atom. The smallest absolute Gasteiger partial charge is 0.245 e. The second kappa shape index (κ2) is 76.1. The Balaban J connectivity index is -0.000000125. The molecule has 1 aliphatic heterocycles. The van der Waals surface area contributed by atoms with Crippen LogP contribution in [0.4, 0.5) is 0 Å². The molecule has 0 bridgehead atoms. The first-order valence-electron chi connectivity index (χ1n) is 32.4. The summed E-state index contributed by atoms with van der Waals surface area (Å²) in [6.07, 6.45) is 14.1. The molecule has 21 nitrogen and oxygen atoms in total. The van der Waals surface area contributed by atoms with Gasteiger partial charge in [0.15, 0.2) is 0 Å². The molecule has 3 radical (unpaired) electrons. The maximum atomic E-state index is 11.6. The number of likely N-dealkylation sites (N-methyl/N-ethyl adjacent to an activating group) is 1. The van der Waals surface area contributed by atoms with Crippen LogP contribution < -0.4 is 0 Å². The second-order valence-corrected chi connectivity index (χ2v) is 22.4. The van der Waals surface area contributed by atoms with Crippen molar-refractivity contribution in [2.24, 2.45) is 0 Å². The van der Waals surface area contributed by atoms with Crippen molar-refractivity contribution < 1.29 is 78.1 Å². The van der Waals surface area contributed by atoms with Crippen molar-refractivity contribution in [1.82, 2.24) is 24.5 Å². The average Bonchev–Trinajstić information content (AvgIpc) is 3.79. The molecule has 0 saturated carbocycles. The molecule has 0 aromatic rings. The standard InChI is InChI=1S/C22H44N2O6.C22H48N2O4.C12H26O4.C5H9NO.C4H10BO.4CH4.B.H2/c1-8-18(28-13-11-21(25)23(4)5)15-27-16-19(9-2)30-17-20(10-3)29-14-12-22(26)24(6)7;1-8-20(26-15-11-13-23(4)5)17-25-18-21(9-2)28-19-22(10-3)27-16-12-14-24(6)7;1-4-10(13)7-15-9-12(6-3)16-8-11(14)5-2;1-4-5(7)6(2)3;5-4-2-1-3-6-4;;;;;;/h18-20H,8-17H2,1-7H3;20-22H,8-19H2,1-7H3;10-14H,4-9H2,1-3H3;4H,1H2,2-3H3;4H,1-3H2,5H3;4*1H4;;1H/q;;;;-1;;;;;;/i;;;;;;;;;;1+1. The average molecular weight is 1330 g/mol. The predicted octanol–water partition coefficient (Wildman–Crippen LogP) is 9.14. The van der Waals surface area contributed by atoms with E-state index in [0.29, 0.717) is 106 Å². The molecular weight excluding hydrogens is 1180 g/mol. The van der Waals surface area contributed by atoms with Gasteiger partial charge in [-0.05, 0) is 132 Å². The van der Waals surface area contributed by atoms with Gasteiger partial charge in [-0.15, -0.1) is 0 Å². The SMILES string of the molecule is C.C.C.C.C=CC(=O)N(C)C.CCC(COCC(CC)OCC(CC)OCCC(=O)N(C)C)OCCC(=O)N(C)C.CCC(COCC(CC)OCC(CC)OCCCN(C)C)OCCCN(C)C.CCC(O)COCC(CC)OCC(O)CC.[2HH].[BH3-]C1CCCO1.[B]. The molecule has 3 amide bonds. The Morgan fingerprint density at radius 2 is 0.761 bits per heavy atom. The molecule has 10 unspecified atom stereocenters. The third kappa shape index (κ3) is 72.0. The van der Waals surface area contributed by atoms with Gasteiger partial charge in [-0.25, -0.2) is 0 Å². The normalized spacial score (nSPS) is 15.1. The molecular formula is C69H155B2N5O16-. The van der Waals surface area contributed by atoms with Crippen LogP contribution in [0.15, 0.2) is 12.7 Å². The van der Waals surface area contributed by atoms with E-state index in [2.05, 4.69) is 72.3 Å². The number of ether oxygens (including phenoxy) is 11. The Bertz CT molecular complexity index is 1540. The lowest BCUT2D eigenvalue weighted by Crippen LogP contribution is -2.30. The van der Waals surface area contributed by atoms with Gasteiger partial charge in [0.1, 0.15) is 0 Å². The largest absolute Gasteiger partial charge is 0.417 e. The van der Waals surface area contributed by atoms with Crippen LogP contribution in [0, 0.1) is 0 Å². The lowest BCUT2D eigenvalue weighted by atomic mass is 9.98. The summed E-state index contributed by atoms with van der Waals surface area (Å²) in [6.45, 7) is 31.8. The van der Waals surface area contributed by atoms with Crippen LogP contribution in [0.2, 0.25) is 0 Å². The van der Waals surface area contributed by atoms with Crippen LogP contribution in [0.1, 0.15) is 190 Å². The number of carbonyl (C=O) groups is 3. The van der Waals surface area contributed by atoms with E-state index in [1.54, 1.807) is 52.1 Å². The quantitative estimate of drug-likeness (QED) is 0.0330. The first-order valence-corrected chi connectivity index (χ1v) is 32.4. The number of hydrogen-bond donors (Lipinski definition) is 2. The van der Waals surface area contributed by atoms with Gasteiger partial charge >= 0.3 is 0 Å². The number of hydrogen-bond acceptors (Lipinski definition) is 18. The Hall–Kier alpha value is -2.32. The molecule has 0 aromatic heterocycles. The molecule has 1 aliphatic rings. The van der Waals surface area contributed by atoms with Gasteiger partial charge in [-0.3, -0.25) is 14.4 Å². The summed E-state index contributed by atoms with van der Waals surface area (Å²) in [6, 6.07) is 0.796. The van der Waals surface area contributed by atoms with Crippen LogP contribution in [0.3, 0.4) is 0 Å². The van der Waals surface area contributed by atoms with Crippen molar-refractivity contribution >= 4 is 34.0 Å². The minimum atomic E-state index is -0.393. The zero-order chi connectivity index (χ0) is 66.8. The van der Waals surface area contributed by atoms with Crippen molar-refractivity contribution in [1.29, 1.82) is 0 Å². The molecule has 0 aliphatic carbocycles. The fourth-order valence-electron chi connectivity index (χ4n) is 6.89. The van der Waals surface area contributed by atoms with E-state index in [4.69, 9.17) is 52.1 Å². The number of nitrogens with zero attached hydrogens (tertiary/aromatic N) is 5. The van der Waals surface area contributed by atoms with Crippen LogP contribution >= 0.6 is 0 Å². The van der Waals surface area contributed by atoms with Crippen LogP contribution in [0.25, 0.3) is 0 Å². The van der Waals surface area contributed by atoms with Crippen molar-refractivity contribution in [2.75, 3.05) is 176 Å². The van der Waals surface area contributed by atoms with Crippen LogP contribution in [-0.2, 0) is 66.5 Å².